The van der Waals surface area contributed by atoms with E-state index in [4.69, 9.17) is 9.47 Å². The Bertz CT molecular complexity index is 551. The topological polar surface area (TPSA) is 67.9 Å². The summed E-state index contributed by atoms with van der Waals surface area (Å²) in [5.41, 5.74) is 0.436. The fourth-order valence-corrected chi connectivity index (χ4v) is 2.68. The van der Waals surface area contributed by atoms with Gasteiger partial charge in [-0.15, -0.1) is 0 Å². The molecule has 1 saturated heterocycles. The van der Waals surface area contributed by atoms with E-state index in [0.29, 0.717) is 31.0 Å². The Morgan fingerprint density at radius 1 is 1.26 bits per heavy atom. The molecule has 6 nitrogen and oxygen atoms in total. The van der Waals surface area contributed by atoms with Gasteiger partial charge in [-0.1, -0.05) is 12.1 Å². The van der Waals surface area contributed by atoms with Crippen LogP contribution in [0.2, 0.25) is 0 Å². The maximum absolute atomic E-state index is 12.3. The number of hydrogen-bond donors (Lipinski definition) is 1. The zero-order chi connectivity index (χ0) is 16.8. The molecule has 0 aliphatic carbocycles. The van der Waals surface area contributed by atoms with Crippen molar-refractivity contribution in [2.45, 2.75) is 33.0 Å². The Morgan fingerprint density at radius 2 is 1.91 bits per heavy atom. The van der Waals surface area contributed by atoms with Crippen LogP contribution < -0.4 is 10.1 Å². The molecule has 126 valence electrons. The minimum absolute atomic E-state index is 0.0112. The molecule has 0 bridgehead atoms. The predicted octanol–water partition coefficient (Wildman–Crippen LogP) is 1.45. The van der Waals surface area contributed by atoms with E-state index >= 15 is 0 Å². The Labute approximate surface area is 136 Å². The summed E-state index contributed by atoms with van der Waals surface area (Å²) in [6.45, 7) is 7.29. The number of nitrogens with one attached hydrogen (secondary N) is 1. The molecule has 1 fully saturated rings. The molecule has 1 aromatic rings. The molecule has 2 rings (SSSR count). The van der Waals surface area contributed by atoms with Gasteiger partial charge in [-0.25, -0.2) is 0 Å². The number of hydrogen-bond acceptors (Lipinski definition) is 4. The monoisotopic (exact) mass is 320 g/mol. The molecular weight excluding hydrogens is 296 g/mol. The van der Waals surface area contributed by atoms with Crippen molar-refractivity contribution < 1.29 is 19.1 Å². The highest BCUT2D eigenvalue weighted by molar-refractivity contribution is 5.98. The van der Waals surface area contributed by atoms with Crippen LogP contribution in [0.15, 0.2) is 24.3 Å². The highest BCUT2D eigenvalue weighted by Crippen LogP contribution is 2.17. The predicted molar refractivity (Wildman–Crippen MR) is 86.5 cm³/mol. The van der Waals surface area contributed by atoms with Gasteiger partial charge in [0, 0.05) is 13.1 Å². The number of carbonyl (C=O) groups excluding carboxylic acids is 2. The molecule has 0 unspecified atom stereocenters. The standard InChI is InChI=1S/C17H24N2O4/c1-4-22-15-8-6-5-7-14(15)17(21)18-9-16(20)19-10-12(2)23-13(3)11-19/h5-8,12-13H,4,9-11H2,1-3H3,(H,18,21)/t12-,13-/m1/s1. The highest BCUT2D eigenvalue weighted by Gasteiger charge is 2.26. The first-order chi connectivity index (χ1) is 11.0. The zero-order valence-corrected chi connectivity index (χ0v) is 13.9. The number of carbonyl (C=O) groups is 2. The van der Waals surface area contributed by atoms with Gasteiger partial charge in [0.05, 0.1) is 30.9 Å². The number of morpholine rings is 1. The summed E-state index contributed by atoms with van der Waals surface area (Å²) < 4.78 is 11.0. The Kier molecular flexibility index (Phi) is 5.98. The van der Waals surface area contributed by atoms with Crippen LogP contribution in [0.5, 0.6) is 5.75 Å². The second-order valence-corrected chi connectivity index (χ2v) is 5.67. The van der Waals surface area contributed by atoms with Crippen LogP contribution in [0, 0.1) is 0 Å². The van der Waals surface area contributed by atoms with E-state index in [1.807, 2.05) is 26.8 Å². The Hall–Kier alpha value is -2.08. The second kappa shape index (κ2) is 7.97. The van der Waals surface area contributed by atoms with Gasteiger partial charge >= 0.3 is 0 Å². The van der Waals surface area contributed by atoms with E-state index in [2.05, 4.69) is 5.32 Å². The van der Waals surface area contributed by atoms with Gasteiger partial charge in [-0.3, -0.25) is 9.59 Å². The average Bonchev–Trinajstić information content (AvgIpc) is 2.52. The molecular formula is C17H24N2O4. The van der Waals surface area contributed by atoms with Gasteiger partial charge in [0.15, 0.2) is 0 Å². The fourth-order valence-electron chi connectivity index (χ4n) is 2.68. The molecule has 0 saturated carbocycles. The summed E-state index contributed by atoms with van der Waals surface area (Å²) in [4.78, 5) is 26.3. The van der Waals surface area contributed by atoms with Gasteiger partial charge in [0.1, 0.15) is 5.75 Å². The molecule has 1 aromatic carbocycles. The van der Waals surface area contributed by atoms with Gasteiger partial charge < -0.3 is 19.7 Å². The third-order valence-electron chi connectivity index (χ3n) is 3.60. The number of ether oxygens (including phenoxy) is 2. The fraction of sp³-hybridized carbons (Fsp3) is 0.529. The van der Waals surface area contributed by atoms with Crippen molar-refractivity contribution in [2.24, 2.45) is 0 Å². The Morgan fingerprint density at radius 3 is 2.57 bits per heavy atom. The first-order valence-electron chi connectivity index (χ1n) is 7.94. The quantitative estimate of drug-likeness (QED) is 0.892. The zero-order valence-electron chi connectivity index (χ0n) is 13.9. The van der Waals surface area contributed by atoms with Crippen LogP contribution in [-0.2, 0) is 9.53 Å². The molecule has 0 aromatic heterocycles. The number of para-hydroxylation sites is 1. The van der Waals surface area contributed by atoms with Crippen molar-refractivity contribution in [1.29, 1.82) is 0 Å². The first-order valence-corrected chi connectivity index (χ1v) is 7.94. The van der Waals surface area contributed by atoms with Crippen molar-refractivity contribution >= 4 is 11.8 Å². The minimum atomic E-state index is -0.309. The Balaban J connectivity index is 1.92. The van der Waals surface area contributed by atoms with Gasteiger partial charge in [-0.05, 0) is 32.9 Å². The summed E-state index contributed by atoms with van der Waals surface area (Å²) in [7, 11) is 0. The molecule has 1 heterocycles. The van der Waals surface area contributed by atoms with Gasteiger partial charge in [0.25, 0.3) is 5.91 Å². The lowest BCUT2D eigenvalue weighted by Crippen LogP contribution is -2.51. The van der Waals surface area contributed by atoms with Crippen molar-refractivity contribution in [3.63, 3.8) is 0 Å². The maximum atomic E-state index is 12.3. The van der Waals surface area contributed by atoms with Gasteiger partial charge in [0.2, 0.25) is 5.91 Å². The first kappa shape index (κ1) is 17.3. The molecule has 2 atom stereocenters. The number of benzene rings is 1. The highest BCUT2D eigenvalue weighted by atomic mass is 16.5. The molecule has 1 aliphatic rings. The normalized spacial score (nSPS) is 20.9. The molecule has 23 heavy (non-hydrogen) atoms. The maximum Gasteiger partial charge on any atom is 0.255 e. The van der Waals surface area contributed by atoms with Crippen molar-refractivity contribution in [3.05, 3.63) is 29.8 Å². The molecule has 1 aliphatic heterocycles. The SMILES string of the molecule is CCOc1ccccc1C(=O)NCC(=O)N1C[C@@H](C)O[C@H](C)C1. The molecule has 2 amide bonds. The smallest absolute Gasteiger partial charge is 0.255 e. The summed E-state index contributed by atoms with van der Waals surface area (Å²) in [5, 5.41) is 2.67. The average molecular weight is 320 g/mol. The second-order valence-electron chi connectivity index (χ2n) is 5.67. The molecule has 0 radical (unpaired) electrons. The van der Waals surface area contributed by atoms with Crippen LogP contribution in [0.3, 0.4) is 0 Å². The summed E-state index contributed by atoms with van der Waals surface area (Å²) >= 11 is 0. The van der Waals surface area contributed by atoms with E-state index in [1.54, 1.807) is 23.1 Å². The van der Waals surface area contributed by atoms with Gasteiger partial charge in [-0.2, -0.15) is 0 Å². The molecule has 0 spiro atoms. The van der Waals surface area contributed by atoms with Crippen molar-refractivity contribution in [3.8, 4) is 5.75 Å². The van der Waals surface area contributed by atoms with E-state index in [9.17, 15) is 9.59 Å². The third kappa shape index (κ3) is 4.69. The van der Waals surface area contributed by atoms with Crippen LogP contribution >= 0.6 is 0 Å². The summed E-state index contributed by atoms with van der Waals surface area (Å²) in [6, 6.07) is 7.00. The third-order valence-corrected chi connectivity index (χ3v) is 3.60. The van der Waals surface area contributed by atoms with E-state index in [0.717, 1.165) is 0 Å². The van der Waals surface area contributed by atoms with E-state index in [1.165, 1.54) is 0 Å². The number of nitrogens with zero attached hydrogens (tertiary/aromatic N) is 1. The van der Waals surface area contributed by atoms with Crippen molar-refractivity contribution in [1.82, 2.24) is 10.2 Å². The van der Waals surface area contributed by atoms with Crippen molar-refractivity contribution in [2.75, 3.05) is 26.2 Å². The van der Waals surface area contributed by atoms with Crippen LogP contribution in [-0.4, -0.2) is 55.2 Å². The lowest BCUT2D eigenvalue weighted by atomic mass is 10.2. The van der Waals surface area contributed by atoms with Crippen LogP contribution in [0.1, 0.15) is 31.1 Å². The lowest BCUT2D eigenvalue weighted by molar-refractivity contribution is -0.142. The lowest BCUT2D eigenvalue weighted by Gasteiger charge is -2.35. The molecule has 6 heteroatoms. The largest absolute Gasteiger partial charge is 0.493 e. The van der Waals surface area contributed by atoms with Crippen LogP contribution in [0.25, 0.3) is 0 Å². The van der Waals surface area contributed by atoms with E-state index in [-0.39, 0.29) is 30.6 Å². The number of amides is 2. The molecule has 1 N–H and O–H groups in total. The minimum Gasteiger partial charge on any atom is -0.493 e. The van der Waals surface area contributed by atoms with E-state index < -0.39 is 0 Å². The van der Waals surface area contributed by atoms with Crippen LogP contribution in [0.4, 0.5) is 0 Å². The number of rotatable bonds is 5. The summed E-state index contributed by atoms with van der Waals surface area (Å²) in [6.07, 6.45) is 0.0224. The summed E-state index contributed by atoms with van der Waals surface area (Å²) in [5.74, 6) is 0.111.